The highest BCUT2D eigenvalue weighted by Gasteiger charge is 2.31. The Bertz CT molecular complexity index is 1040. The molecule has 2 aromatic rings. The Morgan fingerprint density at radius 2 is 1.84 bits per heavy atom. The van der Waals surface area contributed by atoms with Gasteiger partial charge in [0.1, 0.15) is 6.04 Å². The summed E-state index contributed by atoms with van der Waals surface area (Å²) in [6, 6.07) is 5.46. The van der Waals surface area contributed by atoms with Gasteiger partial charge in [0, 0.05) is 28.5 Å². The summed E-state index contributed by atoms with van der Waals surface area (Å²) in [6.45, 7) is 7.18. The summed E-state index contributed by atoms with van der Waals surface area (Å²) in [6.07, 6.45) is -0.484. The van der Waals surface area contributed by atoms with Crippen LogP contribution in [0.2, 0.25) is 5.02 Å². The van der Waals surface area contributed by atoms with Crippen molar-refractivity contribution in [1.82, 2.24) is 9.29 Å². The van der Waals surface area contributed by atoms with E-state index in [-0.39, 0.29) is 4.90 Å². The van der Waals surface area contributed by atoms with Crippen molar-refractivity contribution in [3.63, 3.8) is 0 Å². The van der Waals surface area contributed by atoms with E-state index in [1.807, 2.05) is 25.3 Å². The number of carbonyl (C=O) groups excluding carboxylic acids is 2. The molecule has 0 amide bonds. The Hall–Kier alpha value is -2.20. The number of aliphatic hydroxyl groups excluding tert-OH is 1. The highest BCUT2D eigenvalue weighted by atomic mass is 35.5. The van der Waals surface area contributed by atoms with Crippen molar-refractivity contribution in [2.75, 3.05) is 6.61 Å². The zero-order valence-electron chi connectivity index (χ0n) is 17.9. The number of sulfonamides is 1. The fourth-order valence-electron chi connectivity index (χ4n) is 3.15. The van der Waals surface area contributed by atoms with Crippen LogP contribution in [0.15, 0.2) is 35.2 Å². The Kier molecular flexibility index (Phi) is 8.41. The van der Waals surface area contributed by atoms with Crippen molar-refractivity contribution in [3.05, 3.63) is 52.3 Å². The second-order valence-corrected chi connectivity index (χ2v) is 9.41. The fourth-order valence-corrected chi connectivity index (χ4v) is 4.53. The van der Waals surface area contributed by atoms with E-state index in [9.17, 15) is 23.1 Å². The summed E-state index contributed by atoms with van der Waals surface area (Å²) in [7, 11) is -4.13. The smallest absolute Gasteiger partial charge is 0.327 e. The van der Waals surface area contributed by atoms with E-state index >= 15 is 0 Å². The predicted molar refractivity (Wildman–Crippen MR) is 117 cm³/mol. The average molecular weight is 471 g/mol. The van der Waals surface area contributed by atoms with Crippen LogP contribution in [0.25, 0.3) is 0 Å². The standard InChI is InChI=1S/C21H27ClN2O6S/c1-5-10-24-13(2)11-18(14(24)3)19(26)12-30-21(27)20(15(4)25)23-31(28,29)17-8-6-16(22)7-9-17/h6-9,11,15,20,23,25H,5,10,12H2,1-4H3/t15-,20+/m1/s1. The molecule has 0 aliphatic rings. The number of esters is 1. The number of nitrogens with one attached hydrogen (secondary N) is 1. The molecule has 1 heterocycles. The van der Waals surface area contributed by atoms with E-state index in [1.165, 1.54) is 31.2 Å². The fraction of sp³-hybridized carbons (Fsp3) is 0.429. The van der Waals surface area contributed by atoms with Gasteiger partial charge in [-0.1, -0.05) is 18.5 Å². The minimum absolute atomic E-state index is 0.130. The molecule has 10 heteroatoms. The highest BCUT2D eigenvalue weighted by molar-refractivity contribution is 7.89. The van der Waals surface area contributed by atoms with Crippen LogP contribution in [-0.2, 0) is 26.1 Å². The van der Waals surface area contributed by atoms with Gasteiger partial charge in [-0.2, -0.15) is 4.72 Å². The number of ether oxygens (including phenoxy) is 1. The van der Waals surface area contributed by atoms with Crippen molar-refractivity contribution in [3.8, 4) is 0 Å². The number of rotatable bonds is 10. The van der Waals surface area contributed by atoms with Crippen molar-refractivity contribution >= 4 is 33.4 Å². The molecule has 31 heavy (non-hydrogen) atoms. The zero-order valence-corrected chi connectivity index (χ0v) is 19.5. The molecule has 1 aromatic heterocycles. The lowest BCUT2D eigenvalue weighted by Crippen LogP contribution is -2.48. The van der Waals surface area contributed by atoms with Crippen molar-refractivity contribution in [2.24, 2.45) is 0 Å². The first-order valence-electron chi connectivity index (χ1n) is 9.80. The molecule has 2 atom stereocenters. The first-order chi connectivity index (χ1) is 14.5. The highest BCUT2D eigenvalue weighted by Crippen LogP contribution is 2.17. The van der Waals surface area contributed by atoms with Crippen LogP contribution in [0.3, 0.4) is 0 Å². The third-order valence-electron chi connectivity index (χ3n) is 4.81. The number of hydrogen-bond donors (Lipinski definition) is 2. The summed E-state index contributed by atoms with van der Waals surface area (Å²) in [5.41, 5.74) is 2.14. The van der Waals surface area contributed by atoms with Crippen LogP contribution in [0.1, 0.15) is 42.0 Å². The largest absolute Gasteiger partial charge is 0.456 e. The summed E-state index contributed by atoms with van der Waals surface area (Å²) < 4.78 is 34.2. The second-order valence-electron chi connectivity index (χ2n) is 7.26. The van der Waals surface area contributed by atoms with E-state index in [0.29, 0.717) is 10.6 Å². The molecule has 0 saturated carbocycles. The van der Waals surface area contributed by atoms with Gasteiger partial charge in [-0.15, -0.1) is 0 Å². The molecule has 0 aliphatic heterocycles. The molecule has 0 fully saturated rings. The number of aromatic nitrogens is 1. The minimum Gasteiger partial charge on any atom is -0.456 e. The van der Waals surface area contributed by atoms with Crippen LogP contribution >= 0.6 is 11.6 Å². The van der Waals surface area contributed by atoms with Crippen LogP contribution in [0, 0.1) is 13.8 Å². The molecule has 2 N–H and O–H groups in total. The van der Waals surface area contributed by atoms with E-state index in [2.05, 4.69) is 4.72 Å². The van der Waals surface area contributed by atoms with Crippen LogP contribution < -0.4 is 4.72 Å². The number of Topliss-reactive ketones (excluding diaryl/α,β-unsaturated/α-hetero) is 1. The van der Waals surface area contributed by atoms with Crippen molar-refractivity contribution in [2.45, 2.75) is 57.7 Å². The lowest BCUT2D eigenvalue weighted by Gasteiger charge is -2.20. The number of nitrogens with zero attached hydrogens (tertiary/aromatic N) is 1. The lowest BCUT2D eigenvalue weighted by molar-refractivity contribution is -0.147. The molecule has 0 bridgehead atoms. The molecule has 1 aromatic carbocycles. The molecule has 170 valence electrons. The van der Waals surface area contributed by atoms with E-state index < -0.39 is 40.5 Å². The van der Waals surface area contributed by atoms with Gasteiger partial charge in [-0.3, -0.25) is 9.59 Å². The van der Waals surface area contributed by atoms with Crippen molar-refractivity contribution in [1.29, 1.82) is 0 Å². The summed E-state index contributed by atoms with van der Waals surface area (Å²) >= 11 is 5.77. The van der Waals surface area contributed by atoms with Gasteiger partial charge in [0.25, 0.3) is 0 Å². The van der Waals surface area contributed by atoms with Crippen molar-refractivity contribution < 1.29 is 27.9 Å². The van der Waals surface area contributed by atoms with Crippen LogP contribution in [0.5, 0.6) is 0 Å². The predicted octanol–water partition coefficient (Wildman–Crippen LogP) is 2.62. The zero-order chi connectivity index (χ0) is 23.3. The lowest BCUT2D eigenvalue weighted by atomic mass is 10.1. The van der Waals surface area contributed by atoms with E-state index in [4.69, 9.17) is 16.3 Å². The molecule has 0 saturated heterocycles. The van der Waals surface area contributed by atoms with E-state index in [0.717, 1.165) is 24.4 Å². The molecule has 2 rings (SSSR count). The first kappa shape index (κ1) is 25.1. The minimum atomic E-state index is -4.13. The number of ketones is 1. The molecule has 0 aliphatic carbocycles. The summed E-state index contributed by atoms with van der Waals surface area (Å²) in [5, 5.41) is 10.3. The Morgan fingerprint density at radius 1 is 1.23 bits per heavy atom. The maximum atomic E-state index is 12.6. The average Bonchev–Trinajstić information content (AvgIpc) is 2.99. The molecule has 0 radical (unpaired) electrons. The monoisotopic (exact) mass is 470 g/mol. The number of aryl methyl sites for hydroxylation is 1. The third-order valence-corrected chi connectivity index (χ3v) is 6.52. The number of hydrogen-bond acceptors (Lipinski definition) is 6. The number of carbonyl (C=O) groups is 2. The topological polar surface area (TPSA) is 115 Å². The van der Waals surface area contributed by atoms with Gasteiger partial charge in [0.05, 0.1) is 11.0 Å². The summed E-state index contributed by atoms with van der Waals surface area (Å²) in [5.74, 6) is -1.46. The van der Waals surface area contributed by atoms with Crippen LogP contribution in [-0.4, -0.2) is 48.6 Å². The molecule has 0 spiro atoms. The number of aliphatic hydroxyl groups is 1. The molecular formula is C21H27ClN2O6S. The Labute approximate surface area is 187 Å². The first-order valence-corrected chi connectivity index (χ1v) is 11.7. The van der Waals surface area contributed by atoms with E-state index in [1.54, 1.807) is 6.07 Å². The van der Waals surface area contributed by atoms with Gasteiger partial charge in [0.2, 0.25) is 15.8 Å². The third kappa shape index (κ3) is 6.16. The quantitative estimate of drug-likeness (QED) is 0.407. The number of benzene rings is 1. The van der Waals surface area contributed by atoms with Gasteiger partial charge in [-0.25, -0.2) is 8.42 Å². The second kappa shape index (κ2) is 10.4. The normalized spacial score (nSPS) is 13.6. The molecule has 8 nitrogen and oxygen atoms in total. The molecular weight excluding hydrogens is 444 g/mol. The maximum Gasteiger partial charge on any atom is 0.327 e. The number of halogens is 1. The van der Waals surface area contributed by atoms with Gasteiger partial charge in [0.15, 0.2) is 6.61 Å². The maximum absolute atomic E-state index is 12.6. The van der Waals surface area contributed by atoms with Gasteiger partial charge >= 0.3 is 5.97 Å². The van der Waals surface area contributed by atoms with Gasteiger partial charge in [-0.05, 0) is 57.5 Å². The van der Waals surface area contributed by atoms with Crippen LogP contribution in [0.4, 0.5) is 0 Å². The Morgan fingerprint density at radius 3 is 2.39 bits per heavy atom. The SMILES string of the molecule is CCCn1c(C)cc(C(=O)COC(=O)[C@@H](NS(=O)(=O)c2ccc(Cl)cc2)[C@@H](C)O)c1C. The van der Waals surface area contributed by atoms with Gasteiger partial charge < -0.3 is 14.4 Å². The molecule has 0 unspecified atom stereocenters. The Balaban J connectivity index is 2.10. The summed E-state index contributed by atoms with van der Waals surface area (Å²) in [4.78, 5) is 24.9.